The standard InChI is InChI=1S/C14H20O/c1-4-6-13-7-9-14(10-8-13)15-11-12(3)5-2/h4,6-10,12H,5,11H2,1-3H3. The number of allylic oxidation sites excluding steroid dienone is 1. The van der Waals surface area contributed by atoms with Crippen LogP contribution in [0.1, 0.15) is 32.8 Å². The molecule has 0 fully saturated rings. The Hall–Kier alpha value is -1.24. The van der Waals surface area contributed by atoms with Crippen LogP contribution in [0.5, 0.6) is 5.75 Å². The van der Waals surface area contributed by atoms with Crippen LogP contribution in [-0.2, 0) is 0 Å². The first-order valence-corrected chi connectivity index (χ1v) is 5.61. The zero-order valence-corrected chi connectivity index (χ0v) is 9.86. The molecule has 0 heterocycles. The molecule has 1 unspecified atom stereocenters. The normalized spacial score (nSPS) is 13.0. The van der Waals surface area contributed by atoms with Crippen LogP contribution in [0.4, 0.5) is 0 Å². The van der Waals surface area contributed by atoms with E-state index in [-0.39, 0.29) is 0 Å². The summed E-state index contributed by atoms with van der Waals surface area (Å²) >= 11 is 0. The van der Waals surface area contributed by atoms with Gasteiger partial charge in [-0.1, -0.05) is 44.6 Å². The van der Waals surface area contributed by atoms with Crippen LogP contribution in [0.2, 0.25) is 0 Å². The molecule has 0 aliphatic carbocycles. The molecule has 82 valence electrons. The van der Waals surface area contributed by atoms with Crippen molar-refractivity contribution in [1.82, 2.24) is 0 Å². The van der Waals surface area contributed by atoms with Crippen LogP contribution in [0.3, 0.4) is 0 Å². The van der Waals surface area contributed by atoms with Crippen LogP contribution >= 0.6 is 0 Å². The Balaban J connectivity index is 2.49. The molecule has 1 aromatic rings. The lowest BCUT2D eigenvalue weighted by molar-refractivity contribution is 0.256. The highest BCUT2D eigenvalue weighted by Crippen LogP contribution is 2.14. The quantitative estimate of drug-likeness (QED) is 0.700. The summed E-state index contributed by atoms with van der Waals surface area (Å²) in [7, 11) is 0. The van der Waals surface area contributed by atoms with Gasteiger partial charge < -0.3 is 4.74 Å². The summed E-state index contributed by atoms with van der Waals surface area (Å²) in [5, 5.41) is 0. The first-order valence-electron chi connectivity index (χ1n) is 5.61. The van der Waals surface area contributed by atoms with E-state index in [4.69, 9.17) is 4.74 Å². The summed E-state index contributed by atoms with van der Waals surface area (Å²) < 4.78 is 5.67. The smallest absolute Gasteiger partial charge is 0.119 e. The minimum Gasteiger partial charge on any atom is -0.493 e. The molecule has 0 N–H and O–H groups in total. The zero-order chi connectivity index (χ0) is 11.1. The van der Waals surface area contributed by atoms with E-state index in [9.17, 15) is 0 Å². The van der Waals surface area contributed by atoms with Gasteiger partial charge in [-0.15, -0.1) is 0 Å². The fourth-order valence-corrected chi connectivity index (χ4v) is 1.22. The molecule has 0 radical (unpaired) electrons. The van der Waals surface area contributed by atoms with Gasteiger partial charge in [0.15, 0.2) is 0 Å². The molecule has 15 heavy (non-hydrogen) atoms. The van der Waals surface area contributed by atoms with Crippen LogP contribution in [0, 0.1) is 5.92 Å². The molecule has 0 aliphatic rings. The number of ether oxygens (including phenoxy) is 1. The summed E-state index contributed by atoms with van der Waals surface area (Å²) in [5.74, 6) is 1.59. The van der Waals surface area contributed by atoms with Gasteiger partial charge in [0.05, 0.1) is 6.61 Å². The Labute approximate surface area is 92.8 Å². The minimum absolute atomic E-state index is 0.625. The molecule has 0 saturated carbocycles. The molecular formula is C14H20O. The molecule has 0 bridgehead atoms. The van der Waals surface area contributed by atoms with Gasteiger partial charge in [-0.3, -0.25) is 0 Å². The first-order chi connectivity index (χ1) is 7.26. The minimum atomic E-state index is 0.625. The SMILES string of the molecule is CC=Cc1ccc(OCC(C)CC)cc1. The van der Waals surface area contributed by atoms with Crippen molar-refractivity contribution in [3.63, 3.8) is 0 Å². The zero-order valence-electron chi connectivity index (χ0n) is 9.86. The number of hydrogen-bond acceptors (Lipinski definition) is 1. The number of benzene rings is 1. The maximum absolute atomic E-state index is 5.67. The van der Waals surface area contributed by atoms with Crippen LogP contribution in [-0.4, -0.2) is 6.61 Å². The monoisotopic (exact) mass is 204 g/mol. The van der Waals surface area contributed by atoms with Crippen molar-refractivity contribution in [1.29, 1.82) is 0 Å². The summed E-state index contributed by atoms with van der Waals surface area (Å²) in [4.78, 5) is 0. The molecule has 0 aromatic heterocycles. The summed E-state index contributed by atoms with van der Waals surface area (Å²) in [6.45, 7) is 7.21. The second kappa shape index (κ2) is 6.28. The van der Waals surface area contributed by atoms with Gasteiger partial charge in [0.1, 0.15) is 5.75 Å². The third-order valence-corrected chi connectivity index (χ3v) is 2.47. The van der Waals surface area contributed by atoms with E-state index in [1.807, 2.05) is 25.1 Å². The molecule has 0 spiro atoms. The van der Waals surface area contributed by atoms with E-state index >= 15 is 0 Å². The Kier molecular flexibility index (Phi) is 4.96. The van der Waals surface area contributed by atoms with Crippen LogP contribution in [0.25, 0.3) is 6.08 Å². The topological polar surface area (TPSA) is 9.23 Å². The maximum Gasteiger partial charge on any atom is 0.119 e. The van der Waals surface area contributed by atoms with Gasteiger partial charge in [0.2, 0.25) is 0 Å². The highest BCUT2D eigenvalue weighted by molar-refractivity contribution is 5.50. The molecule has 0 amide bonds. The molecule has 1 atom stereocenters. The summed E-state index contributed by atoms with van der Waals surface area (Å²) in [6.07, 6.45) is 5.28. The van der Waals surface area contributed by atoms with E-state index in [1.165, 1.54) is 5.56 Å². The van der Waals surface area contributed by atoms with Gasteiger partial charge in [0.25, 0.3) is 0 Å². The van der Waals surface area contributed by atoms with Crippen molar-refractivity contribution in [2.45, 2.75) is 27.2 Å². The highest BCUT2D eigenvalue weighted by Gasteiger charge is 1.99. The maximum atomic E-state index is 5.67. The van der Waals surface area contributed by atoms with E-state index < -0.39 is 0 Å². The Morgan fingerprint density at radius 1 is 1.27 bits per heavy atom. The third-order valence-electron chi connectivity index (χ3n) is 2.47. The Morgan fingerprint density at radius 2 is 1.93 bits per heavy atom. The van der Waals surface area contributed by atoms with Gasteiger partial charge in [-0.25, -0.2) is 0 Å². The predicted octanol–water partition coefficient (Wildman–Crippen LogP) is 4.14. The largest absolute Gasteiger partial charge is 0.493 e. The number of hydrogen-bond donors (Lipinski definition) is 0. The van der Waals surface area contributed by atoms with E-state index in [2.05, 4.69) is 32.1 Å². The van der Waals surface area contributed by atoms with Crippen molar-refractivity contribution >= 4 is 6.08 Å². The molecular weight excluding hydrogens is 184 g/mol. The number of rotatable bonds is 5. The molecule has 1 rings (SSSR count). The van der Waals surface area contributed by atoms with Crippen molar-refractivity contribution in [2.24, 2.45) is 5.92 Å². The summed E-state index contributed by atoms with van der Waals surface area (Å²) in [6, 6.07) is 8.20. The Morgan fingerprint density at radius 3 is 2.47 bits per heavy atom. The van der Waals surface area contributed by atoms with Gasteiger partial charge in [-0.2, -0.15) is 0 Å². The van der Waals surface area contributed by atoms with Gasteiger partial charge in [-0.05, 0) is 30.5 Å². The molecule has 1 heteroatoms. The van der Waals surface area contributed by atoms with E-state index in [1.54, 1.807) is 0 Å². The molecule has 0 aliphatic heterocycles. The van der Waals surface area contributed by atoms with Gasteiger partial charge in [0, 0.05) is 0 Å². The molecule has 1 aromatic carbocycles. The second-order valence-corrected chi connectivity index (χ2v) is 3.89. The molecule has 1 nitrogen and oxygen atoms in total. The van der Waals surface area contributed by atoms with Crippen LogP contribution < -0.4 is 4.74 Å². The van der Waals surface area contributed by atoms with Crippen molar-refractivity contribution in [2.75, 3.05) is 6.61 Å². The fraction of sp³-hybridized carbons (Fsp3) is 0.429. The van der Waals surface area contributed by atoms with Crippen LogP contribution in [0.15, 0.2) is 30.3 Å². The lowest BCUT2D eigenvalue weighted by atomic mass is 10.1. The van der Waals surface area contributed by atoms with Crippen molar-refractivity contribution in [3.05, 3.63) is 35.9 Å². The van der Waals surface area contributed by atoms with E-state index in [0.717, 1.165) is 18.8 Å². The third kappa shape index (κ3) is 4.20. The van der Waals surface area contributed by atoms with Crippen molar-refractivity contribution in [3.8, 4) is 5.75 Å². The lowest BCUT2D eigenvalue weighted by Gasteiger charge is -2.10. The van der Waals surface area contributed by atoms with E-state index in [0.29, 0.717) is 5.92 Å². The Bertz CT molecular complexity index is 298. The predicted molar refractivity (Wildman–Crippen MR) is 66.1 cm³/mol. The fourth-order valence-electron chi connectivity index (χ4n) is 1.22. The average Bonchev–Trinajstić information content (AvgIpc) is 2.28. The highest BCUT2D eigenvalue weighted by atomic mass is 16.5. The lowest BCUT2D eigenvalue weighted by Crippen LogP contribution is -2.06. The van der Waals surface area contributed by atoms with Gasteiger partial charge >= 0.3 is 0 Å². The van der Waals surface area contributed by atoms with Crippen molar-refractivity contribution < 1.29 is 4.74 Å². The first kappa shape index (κ1) is 11.8. The second-order valence-electron chi connectivity index (χ2n) is 3.89. The molecule has 0 saturated heterocycles. The summed E-state index contributed by atoms with van der Waals surface area (Å²) in [5.41, 5.74) is 1.22. The average molecular weight is 204 g/mol.